The maximum absolute atomic E-state index is 11.4. The van der Waals surface area contributed by atoms with Gasteiger partial charge in [-0.25, -0.2) is 4.99 Å². The number of carbonyl (C=O) groups excluding carboxylic acids is 1. The number of nitrogens with zero attached hydrogens (tertiary/aromatic N) is 1. The van der Waals surface area contributed by atoms with E-state index in [0.717, 1.165) is 6.42 Å². The van der Waals surface area contributed by atoms with Gasteiger partial charge >= 0.3 is 0 Å². The molecule has 0 aromatic rings. The van der Waals surface area contributed by atoms with Crippen molar-refractivity contribution in [2.75, 3.05) is 0 Å². The molecule has 4 heteroatoms. The van der Waals surface area contributed by atoms with E-state index in [9.17, 15) is 4.79 Å². The highest BCUT2D eigenvalue weighted by Crippen LogP contribution is 2.38. The molecule has 1 atom stereocenters. The summed E-state index contributed by atoms with van der Waals surface area (Å²) in [4.78, 5) is 15.5. The molecule has 0 bridgehead atoms. The SMILES string of the molecule is CC1(CC2CC2)N=C(N)NC1=O. The van der Waals surface area contributed by atoms with Crippen LogP contribution in [-0.4, -0.2) is 17.4 Å². The molecule has 1 aliphatic heterocycles. The molecular weight excluding hydrogens is 154 g/mol. The van der Waals surface area contributed by atoms with Gasteiger partial charge in [0.05, 0.1) is 0 Å². The third-order valence-electron chi connectivity index (χ3n) is 2.48. The Hall–Kier alpha value is -1.06. The molecule has 2 aliphatic rings. The van der Waals surface area contributed by atoms with Crippen LogP contribution in [0.1, 0.15) is 26.2 Å². The van der Waals surface area contributed by atoms with Crippen molar-refractivity contribution in [2.24, 2.45) is 16.6 Å². The maximum atomic E-state index is 11.4. The van der Waals surface area contributed by atoms with Gasteiger partial charge in [-0.3, -0.25) is 10.1 Å². The van der Waals surface area contributed by atoms with E-state index in [1.807, 2.05) is 6.92 Å². The monoisotopic (exact) mass is 167 g/mol. The Balaban J connectivity index is 2.11. The highest BCUT2D eigenvalue weighted by Gasteiger charge is 2.42. The largest absolute Gasteiger partial charge is 0.370 e. The van der Waals surface area contributed by atoms with E-state index in [2.05, 4.69) is 10.3 Å². The van der Waals surface area contributed by atoms with Crippen LogP contribution >= 0.6 is 0 Å². The summed E-state index contributed by atoms with van der Waals surface area (Å²) in [5, 5.41) is 2.53. The van der Waals surface area contributed by atoms with Crippen LogP contribution < -0.4 is 11.1 Å². The number of nitrogens with two attached hydrogens (primary N) is 1. The van der Waals surface area contributed by atoms with E-state index in [4.69, 9.17) is 5.73 Å². The second-order valence-corrected chi connectivity index (χ2v) is 3.87. The molecule has 3 N–H and O–H groups in total. The maximum Gasteiger partial charge on any atom is 0.254 e. The van der Waals surface area contributed by atoms with Crippen molar-refractivity contribution in [2.45, 2.75) is 31.7 Å². The highest BCUT2D eigenvalue weighted by atomic mass is 16.2. The minimum absolute atomic E-state index is 0.0492. The zero-order chi connectivity index (χ0) is 8.77. The van der Waals surface area contributed by atoms with Gasteiger partial charge in [-0.15, -0.1) is 0 Å². The average molecular weight is 167 g/mol. The van der Waals surface area contributed by atoms with Crippen LogP contribution in [0.5, 0.6) is 0 Å². The zero-order valence-electron chi connectivity index (χ0n) is 7.13. The van der Waals surface area contributed by atoms with Crippen LogP contribution in [-0.2, 0) is 4.79 Å². The van der Waals surface area contributed by atoms with Gasteiger partial charge in [0.15, 0.2) is 5.96 Å². The lowest BCUT2D eigenvalue weighted by Gasteiger charge is -2.16. The molecule has 0 spiro atoms. The van der Waals surface area contributed by atoms with Crippen molar-refractivity contribution < 1.29 is 4.79 Å². The van der Waals surface area contributed by atoms with Crippen molar-refractivity contribution >= 4 is 11.9 Å². The molecule has 12 heavy (non-hydrogen) atoms. The predicted octanol–water partition coefficient (Wildman–Crippen LogP) is -0.0103. The van der Waals surface area contributed by atoms with Gasteiger partial charge in [-0.05, 0) is 19.3 Å². The minimum Gasteiger partial charge on any atom is -0.370 e. The number of rotatable bonds is 2. The molecule has 1 saturated carbocycles. The molecule has 0 saturated heterocycles. The van der Waals surface area contributed by atoms with E-state index >= 15 is 0 Å². The first-order valence-electron chi connectivity index (χ1n) is 4.27. The Morgan fingerprint density at radius 1 is 1.75 bits per heavy atom. The van der Waals surface area contributed by atoms with Crippen LogP contribution in [0.4, 0.5) is 0 Å². The molecule has 0 aromatic carbocycles. The van der Waals surface area contributed by atoms with Crippen molar-refractivity contribution in [1.82, 2.24) is 5.32 Å². The number of nitrogens with one attached hydrogen (secondary N) is 1. The summed E-state index contributed by atoms with van der Waals surface area (Å²) in [5.74, 6) is 0.908. The van der Waals surface area contributed by atoms with E-state index in [-0.39, 0.29) is 11.9 Å². The summed E-state index contributed by atoms with van der Waals surface area (Å²) in [6.07, 6.45) is 3.32. The third kappa shape index (κ3) is 1.17. The minimum atomic E-state index is -0.578. The Bertz CT molecular complexity index is 257. The van der Waals surface area contributed by atoms with Gasteiger partial charge in [-0.2, -0.15) is 0 Å². The normalized spacial score (nSPS) is 34.8. The predicted molar refractivity (Wildman–Crippen MR) is 45.5 cm³/mol. The summed E-state index contributed by atoms with van der Waals surface area (Å²) in [6.45, 7) is 1.85. The van der Waals surface area contributed by atoms with Crippen molar-refractivity contribution in [3.63, 3.8) is 0 Å². The van der Waals surface area contributed by atoms with Crippen molar-refractivity contribution in [3.8, 4) is 0 Å². The Kier molecular flexibility index (Phi) is 1.40. The Labute approximate surface area is 71.2 Å². The molecule has 1 unspecified atom stereocenters. The van der Waals surface area contributed by atoms with Crippen molar-refractivity contribution in [1.29, 1.82) is 0 Å². The van der Waals surface area contributed by atoms with Gasteiger partial charge in [0, 0.05) is 0 Å². The van der Waals surface area contributed by atoms with Crippen LogP contribution in [0.3, 0.4) is 0 Å². The molecule has 2 rings (SSSR count). The van der Waals surface area contributed by atoms with Gasteiger partial charge in [-0.1, -0.05) is 12.8 Å². The summed E-state index contributed by atoms with van der Waals surface area (Å²) >= 11 is 0. The van der Waals surface area contributed by atoms with E-state index in [0.29, 0.717) is 5.92 Å². The highest BCUT2D eigenvalue weighted by molar-refractivity contribution is 6.06. The van der Waals surface area contributed by atoms with E-state index < -0.39 is 5.54 Å². The second kappa shape index (κ2) is 2.21. The lowest BCUT2D eigenvalue weighted by Crippen LogP contribution is -2.38. The second-order valence-electron chi connectivity index (χ2n) is 3.87. The van der Waals surface area contributed by atoms with Gasteiger partial charge < -0.3 is 5.73 Å². The Morgan fingerprint density at radius 2 is 2.42 bits per heavy atom. The number of aliphatic imine (C=N–C) groups is 1. The van der Waals surface area contributed by atoms with Crippen LogP contribution in [0, 0.1) is 5.92 Å². The summed E-state index contributed by atoms with van der Waals surface area (Å²) < 4.78 is 0. The lowest BCUT2D eigenvalue weighted by molar-refractivity contribution is -0.123. The summed E-state index contributed by atoms with van der Waals surface area (Å²) in [6, 6.07) is 0. The number of hydrogen-bond donors (Lipinski definition) is 2. The molecule has 1 heterocycles. The molecule has 1 amide bonds. The topological polar surface area (TPSA) is 67.5 Å². The van der Waals surface area contributed by atoms with E-state index in [1.54, 1.807) is 0 Å². The summed E-state index contributed by atoms with van der Waals surface area (Å²) in [7, 11) is 0. The van der Waals surface area contributed by atoms with Gasteiger partial charge in [0.2, 0.25) is 0 Å². The van der Waals surface area contributed by atoms with Gasteiger partial charge in [0.25, 0.3) is 5.91 Å². The number of guanidine groups is 1. The molecule has 1 aliphatic carbocycles. The fraction of sp³-hybridized carbons (Fsp3) is 0.750. The fourth-order valence-electron chi connectivity index (χ4n) is 1.62. The third-order valence-corrected chi connectivity index (χ3v) is 2.48. The van der Waals surface area contributed by atoms with Crippen LogP contribution in [0.15, 0.2) is 4.99 Å². The molecule has 4 nitrogen and oxygen atoms in total. The van der Waals surface area contributed by atoms with E-state index in [1.165, 1.54) is 12.8 Å². The van der Waals surface area contributed by atoms with Crippen LogP contribution in [0.25, 0.3) is 0 Å². The van der Waals surface area contributed by atoms with Gasteiger partial charge in [0.1, 0.15) is 5.54 Å². The first kappa shape index (κ1) is 7.58. The quantitative estimate of drug-likeness (QED) is 0.607. The molecule has 0 radical (unpaired) electrons. The molecule has 1 fully saturated rings. The molecule has 66 valence electrons. The first-order chi connectivity index (χ1) is 5.60. The smallest absolute Gasteiger partial charge is 0.254 e. The Morgan fingerprint density at radius 3 is 2.83 bits per heavy atom. The van der Waals surface area contributed by atoms with Crippen LogP contribution in [0.2, 0.25) is 0 Å². The molecular formula is C8H13N3O. The lowest BCUT2D eigenvalue weighted by atomic mass is 9.96. The van der Waals surface area contributed by atoms with Crippen molar-refractivity contribution in [3.05, 3.63) is 0 Å². The number of hydrogen-bond acceptors (Lipinski definition) is 3. The standard InChI is InChI=1S/C8H13N3O/c1-8(4-5-2-3-5)6(12)10-7(9)11-8/h5H,2-4H2,1H3,(H3,9,10,11,12). The molecule has 0 aromatic heterocycles. The fourth-order valence-corrected chi connectivity index (χ4v) is 1.62. The average Bonchev–Trinajstić information content (AvgIpc) is 2.65. The first-order valence-corrected chi connectivity index (χ1v) is 4.27. The zero-order valence-corrected chi connectivity index (χ0v) is 7.13. The number of carbonyl (C=O) groups is 1. The summed E-state index contributed by atoms with van der Waals surface area (Å²) in [5.41, 5.74) is 4.84. The number of amides is 1.